The van der Waals surface area contributed by atoms with Crippen LogP contribution in [-0.4, -0.2) is 70.0 Å². The van der Waals surface area contributed by atoms with Crippen molar-refractivity contribution in [2.45, 2.75) is 84.1 Å². The second-order valence-electron chi connectivity index (χ2n) is 13.1. The van der Waals surface area contributed by atoms with Crippen LogP contribution in [0, 0.1) is 16.7 Å². The number of carbonyl (C=O) groups is 2. The molecule has 0 bridgehead atoms. The van der Waals surface area contributed by atoms with E-state index in [2.05, 4.69) is 28.9 Å². The van der Waals surface area contributed by atoms with Crippen LogP contribution >= 0.6 is 0 Å². The maximum absolute atomic E-state index is 13.7. The maximum Gasteiger partial charge on any atom is 0.311 e. The number of aliphatic imine (C=N–C) groups is 1. The van der Waals surface area contributed by atoms with Gasteiger partial charge >= 0.3 is 5.97 Å². The SMILES string of the molecule is CC1(C)CNc2c(cccc2S(=O)(=O)N[C@@H](CCCN=C(N)N)C(=O)N2CCC(CCOC(=O)C(C)(C)C)CC2)C1. The number of fused-ring (bicyclic) bond motifs is 1. The molecule has 3 rings (SSSR count). The molecule has 0 unspecified atom stereocenters. The van der Waals surface area contributed by atoms with Crippen LogP contribution in [0.1, 0.15) is 72.3 Å². The molecule has 11 nitrogen and oxygen atoms in total. The summed E-state index contributed by atoms with van der Waals surface area (Å²) in [6.07, 6.45) is 3.71. The van der Waals surface area contributed by atoms with Gasteiger partial charge in [0.1, 0.15) is 10.9 Å². The largest absolute Gasteiger partial charge is 0.465 e. The van der Waals surface area contributed by atoms with Gasteiger partial charge in [0.25, 0.3) is 0 Å². The van der Waals surface area contributed by atoms with E-state index in [1.165, 1.54) is 0 Å². The van der Waals surface area contributed by atoms with E-state index in [0.29, 0.717) is 50.8 Å². The molecule has 6 N–H and O–H groups in total. The fraction of sp³-hybridized carbons (Fsp3) is 0.690. The van der Waals surface area contributed by atoms with Crippen molar-refractivity contribution >= 4 is 33.5 Å². The zero-order valence-corrected chi connectivity index (χ0v) is 26.0. The van der Waals surface area contributed by atoms with E-state index in [1.807, 2.05) is 26.8 Å². The molecule has 0 aliphatic carbocycles. The second kappa shape index (κ2) is 13.4. The van der Waals surface area contributed by atoms with Gasteiger partial charge in [-0.05, 0) is 82.3 Å². The quantitative estimate of drug-likeness (QED) is 0.132. The summed E-state index contributed by atoms with van der Waals surface area (Å²) in [4.78, 5) is 31.6. The topological polar surface area (TPSA) is 169 Å². The maximum atomic E-state index is 13.7. The number of para-hydroxylation sites is 1. The molecule has 12 heteroatoms. The van der Waals surface area contributed by atoms with Crippen LogP contribution < -0.4 is 21.5 Å². The number of nitrogens with zero attached hydrogens (tertiary/aromatic N) is 2. The molecule has 2 heterocycles. The van der Waals surface area contributed by atoms with Crippen LogP contribution in [0.25, 0.3) is 0 Å². The summed E-state index contributed by atoms with van der Waals surface area (Å²) in [5.74, 6) is -0.196. The van der Waals surface area contributed by atoms with Gasteiger partial charge in [-0.3, -0.25) is 14.6 Å². The predicted octanol–water partition coefficient (Wildman–Crippen LogP) is 2.60. The van der Waals surface area contributed by atoms with Crippen molar-refractivity contribution in [2.75, 3.05) is 38.1 Å². The lowest BCUT2D eigenvalue weighted by Gasteiger charge is -2.35. The van der Waals surface area contributed by atoms with Crippen molar-refractivity contribution in [3.05, 3.63) is 23.8 Å². The highest BCUT2D eigenvalue weighted by atomic mass is 32.2. The summed E-state index contributed by atoms with van der Waals surface area (Å²) < 4.78 is 35.5. The molecule has 41 heavy (non-hydrogen) atoms. The number of anilines is 1. The van der Waals surface area contributed by atoms with Crippen molar-refractivity contribution in [3.8, 4) is 0 Å². The lowest BCUT2D eigenvalue weighted by molar-refractivity contribution is -0.153. The van der Waals surface area contributed by atoms with E-state index in [9.17, 15) is 18.0 Å². The molecule has 230 valence electrons. The molecule has 0 spiro atoms. The van der Waals surface area contributed by atoms with E-state index in [0.717, 1.165) is 31.2 Å². The molecule has 1 atom stereocenters. The number of carbonyl (C=O) groups excluding carboxylic acids is 2. The molecule has 1 saturated heterocycles. The zero-order chi connectivity index (χ0) is 30.4. The minimum Gasteiger partial charge on any atom is -0.465 e. The number of ether oxygens (including phenoxy) is 1. The highest BCUT2D eigenvalue weighted by Gasteiger charge is 2.34. The summed E-state index contributed by atoms with van der Waals surface area (Å²) in [5.41, 5.74) is 11.9. The fourth-order valence-electron chi connectivity index (χ4n) is 5.24. The van der Waals surface area contributed by atoms with Crippen LogP contribution in [0.3, 0.4) is 0 Å². The Hall–Kier alpha value is -2.86. The van der Waals surface area contributed by atoms with E-state index in [4.69, 9.17) is 16.2 Å². The minimum absolute atomic E-state index is 0.00698. The van der Waals surface area contributed by atoms with Gasteiger partial charge in [-0.1, -0.05) is 26.0 Å². The van der Waals surface area contributed by atoms with Crippen LogP contribution in [0.5, 0.6) is 0 Å². The van der Waals surface area contributed by atoms with E-state index >= 15 is 0 Å². The van der Waals surface area contributed by atoms with Gasteiger partial charge in [0.2, 0.25) is 15.9 Å². The molecular formula is C29H48N6O5S. The molecule has 1 aromatic rings. The van der Waals surface area contributed by atoms with Crippen molar-refractivity contribution in [2.24, 2.45) is 33.2 Å². The monoisotopic (exact) mass is 592 g/mol. The Balaban J connectivity index is 1.68. The normalized spacial score (nSPS) is 18.1. The van der Waals surface area contributed by atoms with Gasteiger partial charge in [-0.15, -0.1) is 0 Å². The van der Waals surface area contributed by atoms with Crippen molar-refractivity contribution in [1.82, 2.24) is 9.62 Å². The number of benzene rings is 1. The molecule has 0 aromatic heterocycles. The molecule has 2 aliphatic heterocycles. The average molecular weight is 593 g/mol. The van der Waals surface area contributed by atoms with Gasteiger partial charge in [0, 0.05) is 26.2 Å². The highest BCUT2D eigenvalue weighted by Crippen LogP contribution is 2.36. The minimum atomic E-state index is -4.01. The molecule has 1 amide bonds. The predicted molar refractivity (Wildman–Crippen MR) is 161 cm³/mol. The Labute approximate surface area is 244 Å². The van der Waals surface area contributed by atoms with Gasteiger partial charge < -0.3 is 26.4 Å². The van der Waals surface area contributed by atoms with E-state index < -0.39 is 21.5 Å². The molecular weight excluding hydrogens is 544 g/mol. The Morgan fingerprint density at radius 1 is 1.22 bits per heavy atom. The number of nitrogens with two attached hydrogens (primary N) is 2. The van der Waals surface area contributed by atoms with Gasteiger partial charge in [-0.2, -0.15) is 4.72 Å². The van der Waals surface area contributed by atoms with Crippen molar-refractivity contribution < 1.29 is 22.7 Å². The smallest absolute Gasteiger partial charge is 0.311 e. The average Bonchev–Trinajstić information content (AvgIpc) is 2.88. The zero-order valence-electron chi connectivity index (χ0n) is 25.2. The van der Waals surface area contributed by atoms with Gasteiger partial charge in [0.05, 0.1) is 17.7 Å². The van der Waals surface area contributed by atoms with Crippen molar-refractivity contribution in [3.63, 3.8) is 0 Å². The number of likely N-dealkylation sites (tertiary alicyclic amines) is 1. The standard InChI is InChI=1S/C29H48N6O5S/c1-28(2,3)26(37)40-17-13-20-11-15-35(16-12-20)25(36)22(9-7-14-32-27(30)31)34-41(38,39)23-10-6-8-21-18-29(4,5)19-33-24(21)23/h6,8,10,20,22,33-34H,7,9,11-19H2,1-5H3,(H4,30,31,32)/t22-/m0/s1. The first kappa shape index (κ1) is 32.7. The summed E-state index contributed by atoms with van der Waals surface area (Å²) in [6, 6.07) is 4.31. The number of hydrogen-bond donors (Lipinski definition) is 4. The van der Waals surface area contributed by atoms with Crippen LogP contribution in [-0.2, 0) is 30.8 Å². The number of hydrogen-bond acceptors (Lipinski definition) is 7. The van der Waals surface area contributed by atoms with Crippen LogP contribution in [0.4, 0.5) is 5.69 Å². The summed E-state index contributed by atoms with van der Waals surface area (Å²) in [6.45, 7) is 12.1. The van der Waals surface area contributed by atoms with Gasteiger partial charge in [-0.25, -0.2) is 8.42 Å². The Morgan fingerprint density at radius 2 is 1.90 bits per heavy atom. The number of guanidine groups is 1. The number of nitrogens with one attached hydrogen (secondary N) is 2. The van der Waals surface area contributed by atoms with Crippen LogP contribution in [0.2, 0.25) is 0 Å². The number of sulfonamides is 1. The Morgan fingerprint density at radius 3 is 2.54 bits per heavy atom. The Bertz CT molecular complexity index is 1210. The third-order valence-electron chi connectivity index (χ3n) is 7.65. The summed E-state index contributed by atoms with van der Waals surface area (Å²) in [7, 11) is -4.01. The fourth-order valence-corrected chi connectivity index (χ4v) is 6.69. The third kappa shape index (κ3) is 9.32. The molecule has 0 radical (unpaired) electrons. The summed E-state index contributed by atoms with van der Waals surface area (Å²) >= 11 is 0. The molecule has 1 fully saturated rings. The molecule has 0 saturated carbocycles. The number of rotatable bonds is 11. The lowest BCUT2D eigenvalue weighted by atomic mass is 9.82. The Kier molecular flexibility index (Phi) is 10.7. The highest BCUT2D eigenvalue weighted by molar-refractivity contribution is 7.89. The van der Waals surface area contributed by atoms with Crippen LogP contribution in [0.15, 0.2) is 28.1 Å². The number of piperidine rings is 1. The number of esters is 1. The van der Waals surface area contributed by atoms with Gasteiger partial charge in [0.15, 0.2) is 5.96 Å². The van der Waals surface area contributed by atoms with Crippen molar-refractivity contribution in [1.29, 1.82) is 0 Å². The number of amides is 1. The second-order valence-corrected chi connectivity index (χ2v) is 14.7. The lowest BCUT2D eigenvalue weighted by Crippen LogP contribution is -2.51. The first-order valence-electron chi connectivity index (χ1n) is 14.5. The van der Waals surface area contributed by atoms with E-state index in [-0.39, 0.29) is 34.6 Å². The first-order valence-corrected chi connectivity index (χ1v) is 16.0. The van der Waals surface area contributed by atoms with E-state index in [1.54, 1.807) is 17.0 Å². The third-order valence-corrected chi connectivity index (χ3v) is 9.17. The molecule has 1 aromatic carbocycles. The first-order chi connectivity index (χ1) is 19.1. The summed E-state index contributed by atoms with van der Waals surface area (Å²) in [5, 5.41) is 3.30. The molecule has 2 aliphatic rings.